The minimum Gasteiger partial charge on any atom is -0.481 e. The van der Waals surface area contributed by atoms with Crippen LogP contribution in [0, 0.1) is 0 Å². The van der Waals surface area contributed by atoms with E-state index in [2.05, 4.69) is 10.3 Å². The minimum absolute atomic E-state index is 0.143. The van der Waals surface area contributed by atoms with Crippen LogP contribution in [0.5, 0.6) is 5.88 Å². The van der Waals surface area contributed by atoms with E-state index in [0.717, 1.165) is 0 Å². The first-order valence-electron chi connectivity index (χ1n) is 8.59. The number of nitrogens with one attached hydrogen (secondary N) is 1. The molecule has 0 aliphatic carbocycles. The summed E-state index contributed by atoms with van der Waals surface area (Å²) in [6, 6.07) is 1.64. The fourth-order valence-electron chi connectivity index (χ4n) is 2.85. The first-order chi connectivity index (χ1) is 12.0. The summed E-state index contributed by atoms with van der Waals surface area (Å²) < 4.78 is 39.1. The van der Waals surface area contributed by atoms with Crippen molar-refractivity contribution in [2.75, 3.05) is 27.2 Å². The minimum atomic E-state index is -2.80. The maximum Gasteiger partial charge on any atom is 0.410 e. The lowest BCUT2D eigenvalue weighted by atomic mass is 9.88. The Morgan fingerprint density at radius 1 is 1.46 bits per heavy atom. The zero-order chi connectivity index (χ0) is 19.5. The molecule has 8 heteroatoms. The monoisotopic (exact) mass is 371 g/mol. The molecule has 0 saturated carbocycles. The molecule has 1 saturated heterocycles. The van der Waals surface area contributed by atoms with Crippen LogP contribution in [0.3, 0.4) is 0 Å². The fraction of sp³-hybridized carbons (Fsp3) is 0.667. The molecule has 1 N–H and O–H groups in total. The van der Waals surface area contributed by atoms with Crippen molar-refractivity contribution >= 4 is 6.09 Å². The van der Waals surface area contributed by atoms with Crippen LogP contribution in [0.25, 0.3) is 0 Å². The summed E-state index contributed by atoms with van der Waals surface area (Å²) in [5.41, 5.74) is 0.362. The van der Waals surface area contributed by atoms with Gasteiger partial charge in [0, 0.05) is 38.3 Å². The molecule has 0 aromatic carbocycles. The zero-order valence-corrected chi connectivity index (χ0v) is 15.9. The highest BCUT2D eigenvalue weighted by Gasteiger charge is 2.42. The van der Waals surface area contributed by atoms with E-state index >= 15 is 0 Å². The Labute approximate surface area is 152 Å². The van der Waals surface area contributed by atoms with Crippen molar-refractivity contribution in [1.29, 1.82) is 0 Å². The maximum atomic E-state index is 14.3. The number of piperidine rings is 1. The van der Waals surface area contributed by atoms with Gasteiger partial charge in [-0.2, -0.15) is 0 Å². The van der Waals surface area contributed by atoms with Crippen molar-refractivity contribution in [2.24, 2.45) is 0 Å². The summed E-state index contributed by atoms with van der Waals surface area (Å²) in [7, 11) is 3.03. The number of aromatic nitrogens is 1. The zero-order valence-electron chi connectivity index (χ0n) is 15.9. The van der Waals surface area contributed by atoms with E-state index in [1.54, 1.807) is 33.9 Å². The van der Waals surface area contributed by atoms with Gasteiger partial charge in [-0.1, -0.05) is 0 Å². The summed E-state index contributed by atoms with van der Waals surface area (Å²) in [4.78, 5) is 17.7. The number of carbonyl (C=O) groups is 1. The molecule has 0 radical (unpaired) electrons. The molecule has 2 heterocycles. The average molecular weight is 371 g/mol. The quantitative estimate of drug-likeness (QED) is 0.881. The predicted octanol–water partition coefficient (Wildman–Crippen LogP) is 3.17. The van der Waals surface area contributed by atoms with Gasteiger partial charge in [-0.3, -0.25) is 0 Å². The van der Waals surface area contributed by atoms with E-state index in [0.29, 0.717) is 23.6 Å². The second-order valence-corrected chi connectivity index (χ2v) is 7.54. The van der Waals surface area contributed by atoms with Gasteiger partial charge in [0.15, 0.2) is 0 Å². The molecule has 1 atom stereocenters. The maximum absolute atomic E-state index is 14.3. The lowest BCUT2D eigenvalue weighted by Crippen LogP contribution is -2.43. The highest BCUT2D eigenvalue weighted by Crippen LogP contribution is 2.38. The number of amides is 1. The van der Waals surface area contributed by atoms with Crippen molar-refractivity contribution in [3.8, 4) is 5.88 Å². The van der Waals surface area contributed by atoms with E-state index in [1.807, 2.05) is 0 Å². The molecule has 0 spiro atoms. The molecule has 0 bridgehead atoms. The molecule has 1 aromatic heterocycles. The van der Waals surface area contributed by atoms with Gasteiger partial charge in [-0.15, -0.1) is 0 Å². The van der Waals surface area contributed by atoms with Crippen molar-refractivity contribution in [2.45, 2.75) is 51.2 Å². The Morgan fingerprint density at radius 3 is 2.73 bits per heavy atom. The van der Waals surface area contributed by atoms with Crippen LogP contribution in [-0.2, 0) is 11.3 Å². The summed E-state index contributed by atoms with van der Waals surface area (Å²) in [6.45, 7) is 5.95. The highest BCUT2D eigenvalue weighted by molar-refractivity contribution is 5.67. The van der Waals surface area contributed by atoms with E-state index in [9.17, 15) is 13.6 Å². The fourth-order valence-corrected chi connectivity index (χ4v) is 2.85. The van der Waals surface area contributed by atoms with E-state index < -0.39 is 23.5 Å². The molecular weight excluding hydrogens is 344 g/mol. The van der Waals surface area contributed by atoms with Gasteiger partial charge in [0.25, 0.3) is 5.92 Å². The van der Waals surface area contributed by atoms with Gasteiger partial charge in [-0.05, 0) is 32.4 Å². The average Bonchev–Trinajstić information content (AvgIpc) is 2.52. The number of halogens is 2. The molecule has 26 heavy (non-hydrogen) atoms. The van der Waals surface area contributed by atoms with E-state index in [4.69, 9.17) is 9.47 Å². The number of ether oxygens (including phenoxy) is 2. The summed E-state index contributed by atoms with van der Waals surface area (Å²) in [6.07, 6.45) is 0.702. The molecule has 1 unspecified atom stereocenters. The molecule has 1 aliphatic rings. The van der Waals surface area contributed by atoms with Crippen molar-refractivity contribution in [3.63, 3.8) is 0 Å². The number of nitrogens with zero attached hydrogens (tertiary/aromatic N) is 2. The number of rotatable bonds is 4. The summed E-state index contributed by atoms with van der Waals surface area (Å²) in [5.74, 6) is -3.45. The van der Waals surface area contributed by atoms with E-state index in [-0.39, 0.29) is 19.5 Å². The van der Waals surface area contributed by atoms with Crippen LogP contribution in [0.4, 0.5) is 13.6 Å². The Morgan fingerprint density at radius 2 is 2.15 bits per heavy atom. The number of alkyl halides is 2. The van der Waals surface area contributed by atoms with Crippen LogP contribution in [0.1, 0.15) is 44.2 Å². The standard InChI is InChI=1S/C18H27F2N3O3/c1-17(2,3)26-16(24)23(4)11-13-8-12(9-22-15(13)25-5)14-10-21-7-6-18(14,19)20/h8-9,14,21H,6-7,10-11H2,1-5H3. The topological polar surface area (TPSA) is 63.7 Å². The van der Waals surface area contributed by atoms with Crippen LogP contribution in [-0.4, -0.2) is 54.7 Å². The molecule has 1 aliphatic heterocycles. The van der Waals surface area contributed by atoms with Gasteiger partial charge in [-0.25, -0.2) is 18.6 Å². The third-order valence-corrected chi connectivity index (χ3v) is 4.15. The third-order valence-electron chi connectivity index (χ3n) is 4.15. The molecule has 1 aromatic rings. The van der Waals surface area contributed by atoms with Gasteiger partial charge in [0.05, 0.1) is 19.6 Å². The Balaban J connectivity index is 2.23. The van der Waals surface area contributed by atoms with Gasteiger partial charge >= 0.3 is 6.09 Å². The molecule has 6 nitrogen and oxygen atoms in total. The number of methoxy groups -OCH3 is 1. The Bertz CT molecular complexity index is 647. The second kappa shape index (κ2) is 7.73. The van der Waals surface area contributed by atoms with Crippen LogP contribution >= 0.6 is 0 Å². The largest absolute Gasteiger partial charge is 0.481 e. The van der Waals surface area contributed by atoms with Crippen molar-refractivity contribution < 1.29 is 23.0 Å². The SMILES string of the molecule is COc1ncc(C2CNCCC2(F)F)cc1CN(C)C(=O)OC(C)(C)C. The molecule has 146 valence electrons. The van der Waals surface area contributed by atoms with Gasteiger partial charge in [0.1, 0.15) is 5.60 Å². The van der Waals surface area contributed by atoms with Crippen LogP contribution in [0.15, 0.2) is 12.3 Å². The van der Waals surface area contributed by atoms with E-state index in [1.165, 1.54) is 18.2 Å². The summed E-state index contributed by atoms with van der Waals surface area (Å²) in [5, 5.41) is 3.00. The second-order valence-electron chi connectivity index (χ2n) is 7.54. The normalized spacial score (nSPS) is 19.7. The van der Waals surface area contributed by atoms with Gasteiger partial charge < -0.3 is 19.7 Å². The van der Waals surface area contributed by atoms with Crippen LogP contribution in [0.2, 0.25) is 0 Å². The number of carbonyl (C=O) groups excluding carboxylic acids is 1. The van der Waals surface area contributed by atoms with Gasteiger partial charge in [0.2, 0.25) is 5.88 Å². The lowest BCUT2D eigenvalue weighted by molar-refractivity contribution is -0.0480. The smallest absolute Gasteiger partial charge is 0.410 e. The molecule has 1 fully saturated rings. The number of pyridine rings is 1. The number of hydrogen-bond acceptors (Lipinski definition) is 5. The van der Waals surface area contributed by atoms with Crippen molar-refractivity contribution in [3.05, 3.63) is 23.4 Å². The summed E-state index contributed by atoms with van der Waals surface area (Å²) >= 11 is 0. The molecule has 1 amide bonds. The van der Waals surface area contributed by atoms with Crippen LogP contribution < -0.4 is 10.1 Å². The molecular formula is C18H27F2N3O3. The first-order valence-corrected chi connectivity index (χ1v) is 8.59. The first kappa shape index (κ1) is 20.4. The van der Waals surface area contributed by atoms with Crippen molar-refractivity contribution in [1.82, 2.24) is 15.2 Å². The Kier molecular flexibility index (Phi) is 6.05. The molecule has 2 rings (SSSR count). The highest BCUT2D eigenvalue weighted by atomic mass is 19.3. The Hall–Kier alpha value is -1.96. The third kappa shape index (κ3) is 5.03. The lowest BCUT2D eigenvalue weighted by Gasteiger charge is -2.32. The number of hydrogen-bond donors (Lipinski definition) is 1. The predicted molar refractivity (Wildman–Crippen MR) is 93.7 cm³/mol.